The molecule has 0 fully saturated rings. The van der Waals surface area contributed by atoms with Gasteiger partial charge in [0.2, 0.25) is 0 Å². The Morgan fingerprint density at radius 1 is 0.773 bits per heavy atom. The Hall–Kier alpha value is -2.88. The zero-order chi connectivity index (χ0) is 15.9. The number of rotatable bonds is 7. The van der Waals surface area contributed by atoms with Crippen molar-refractivity contribution in [2.24, 2.45) is 0 Å². The van der Waals surface area contributed by atoms with Crippen molar-refractivity contribution in [2.75, 3.05) is 24.6 Å². The Labute approximate surface area is 131 Å². The van der Waals surface area contributed by atoms with E-state index < -0.39 is 0 Å². The van der Waals surface area contributed by atoms with Crippen LogP contribution in [0.1, 0.15) is 11.1 Å². The van der Waals surface area contributed by atoms with Crippen LogP contribution in [0.2, 0.25) is 0 Å². The van der Waals surface area contributed by atoms with Gasteiger partial charge in [-0.15, -0.1) is 0 Å². The molecule has 0 aromatic heterocycles. The first-order chi connectivity index (χ1) is 10.6. The number of benzene rings is 2. The summed E-state index contributed by atoms with van der Waals surface area (Å²) in [7, 11) is 0. The van der Waals surface area contributed by atoms with E-state index in [1.54, 1.807) is 0 Å². The molecular weight excluding hydrogens is 272 g/mol. The van der Waals surface area contributed by atoms with Crippen LogP contribution in [0.5, 0.6) is 0 Å². The molecule has 2 aromatic carbocycles. The van der Waals surface area contributed by atoms with E-state index in [1.165, 1.54) is 0 Å². The average Bonchev–Trinajstić information content (AvgIpc) is 2.51. The lowest BCUT2D eigenvalue weighted by Crippen LogP contribution is -2.25. The van der Waals surface area contributed by atoms with Gasteiger partial charge in [-0.05, 0) is 35.4 Å². The van der Waals surface area contributed by atoms with E-state index in [0.29, 0.717) is 0 Å². The Balaban J connectivity index is 1.77. The maximum absolute atomic E-state index is 5.76. The molecule has 6 N–H and O–H groups in total. The molecule has 2 rings (SSSR count). The fraction of sp³-hybridized carbons (Fsp3) is 0.111. The molecule has 0 unspecified atom stereocenters. The molecule has 0 aliphatic carbocycles. The predicted molar refractivity (Wildman–Crippen MR) is 95.8 cm³/mol. The van der Waals surface area contributed by atoms with Crippen LogP contribution in [0.4, 0.5) is 11.4 Å². The summed E-state index contributed by atoms with van der Waals surface area (Å²) in [6.45, 7) is 9.50. The lowest BCUT2D eigenvalue weighted by molar-refractivity contribution is 0.789. The Bertz CT molecular complexity index is 617. The number of anilines is 2. The number of hydrogen-bond donors (Lipinski definition) is 4. The quantitative estimate of drug-likeness (QED) is 0.468. The standard InChI is InChI=1S/C18H22N4/c1-13(15-5-3-7-17(19)11-15)21-9-10-22-14(2)16-6-4-8-18(20)12-16/h3-8,11-12,21-22H,1-2,9-10,19-20H2. The molecule has 0 heterocycles. The maximum atomic E-state index is 5.76. The lowest BCUT2D eigenvalue weighted by atomic mass is 10.1. The monoisotopic (exact) mass is 294 g/mol. The van der Waals surface area contributed by atoms with Gasteiger partial charge in [-0.2, -0.15) is 0 Å². The highest BCUT2D eigenvalue weighted by atomic mass is 15.0. The third-order valence-electron chi connectivity index (χ3n) is 3.27. The Kier molecular flexibility index (Phi) is 5.09. The van der Waals surface area contributed by atoms with Gasteiger partial charge in [0, 0.05) is 35.9 Å². The lowest BCUT2D eigenvalue weighted by Gasteiger charge is -2.13. The van der Waals surface area contributed by atoms with Crippen molar-refractivity contribution in [3.8, 4) is 0 Å². The van der Waals surface area contributed by atoms with Crippen LogP contribution in [0.15, 0.2) is 61.7 Å². The summed E-state index contributed by atoms with van der Waals surface area (Å²) >= 11 is 0. The van der Waals surface area contributed by atoms with Gasteiger partial charge in [-0.3, -0.25) is 0 Å². The van der Waals surface area contributed by atoms with Gasteiger partial charge in [0.25, 0.3) is 0 Å². The van der Waals surface area contributed by atoms with Gasteiger partial charge in [0.1, 0.15) is 0 Å². The van der Waals surface area contributed by atoms with E-state index in [0.717, 1.165) is 47.0 Å². The second-order valence-electron chi connectivity index (χ2n) is 5.06. The number of nitrogens with two attached hydrogens (primary N) is 2. The topological polar surface area (TPSA) is 76.1 Å². The van der Waals surface area contributed by atoms with E-state index in [2.05, 4.69) is 23.8 Å². The van der Waals surface area contributed by atoms with Crippen LogP contribution in [-0.4, -0.2) is 13.1 Å². The fourth-order valence-corrected chi connectivity index (χ4v) is 2.08. The molecule has 0 spiro atoms. The van der Waals surface area contributed by atoms with Gasteiger partial charge in [0.15, 0.2) is 0 Å². The van der Waals surface area contributed by atoms with Crippen LogP contribution >= 0.6 is 0 Å². The van der Waals surface area contributed by atoms with Gasteiger partial charge in [-0.1, -0.05) is 37.4 Å². The SMILES string of the molecule is C=C(NCCNC(=C)c1cccc(N)c1)c1cccc(N)c1. The molecule has 0 saturated heterocycles. The van der Waals surface area contributed by atoms with Crippen molar-refractivity contribution in [3.05, 3.63) is 72.8 Å². The van der Waals surface area contributed by atoms with E-state index in [9.17, 15) is 0 Å². The highest BCUT2D eigenvalue weighted by Gasteiger charge is 2.00. The Morgan fingerprint density at radius 3 is 1.55 bits per heavy atom. The second-order valence-corrected chi connectivity index (χ2v) is 5.06. The molecule has 0 aliphatic rings. The number of nitrogen functional groups attached to an aromatic ring is 2. The summed E-state index contributed by atoms with van der Waals surface area (Å²) in [4.78, 5) is 0. The first-order valence-electron chi connectivity index (χ1n) is 7.13. The molecule has 4 heteroatoms. The molecule has 0 saturated carbocycles. The fourth-order valence-electron chi connectivity index (χ4n) is 2.08. The largest absolute Gasteiger partial charge is 0.399 e. The summed E-state index contributed by atoms with van der Waals surface area (Å²) in [6.07, 6.45) is 0. The third kappa shape index (κ3) is 4.31. The van der Waals surface area contributed by atoms with Gasteiger partial charge in [-0.25, -0.2) is 0 Å². The zero-order valence-corrected chi connectivity index (χ0v) is 12.6. The highest BCUT2D eigenvalue weighted by Crippen LogP contribution is 2.14. The van der Waals surface area contributed by atoms with Crippen LogP contribution in [0, 0.1) is 0 Å². The summed E-state index contributed by atoms with van der Waals surface area (Å²) in [5.74, 6) is 0. The Morgan fingerprint density at radius 2 is 1.18 bits per heavy atom. The number of nitrogens with one attached hydrogen (secondary N) is 2. The van der Waals surface area contributed by atoms with E-state index in [4.69, 9.17) is 11.5 Å². The summed E-state index contributed by atoms with van der Waals surface area (Å²) in [5, 5.41) is 6.53. The third-order valence-corrected chi connectivity index (χ3v) is 3.27. The van der Waals surface area contributed by atoms with Gasteiger partial charge >= 0.3 is 0 Å². The minimum Gasteiger partial charge on any atom is -0.399 e. The number of hydrogen-bond acceptors (Lipinski definition) is 4. The molecule has 0 radical (unpaired) electrons. The molecular formula is C18H22N4. The minimum absolute atomic E-state index is 0.730. The summed E-state index contributed by atoms with van der Waals surface area (Å²) in [5.41, 5.74) is 16.7. The average molecular weight is 294 g/mol. The molecule has 114 valence electrons. The normalized spacial score (nSPS) is 10.0. The highest BCUT2D eigenvalue weighted by molar-refractivity contribution is 5.66. The molecule has 0 bridgehead atoms. The van der Waals surface area contributed by atoms with Crippen molar-refractivity contribution in [3.63, 3.8) is 0 Å². The van der Waals surface area contributed by atoms with Crippen molar-refractivity contribution < 1.29 is 0 Å². The van der Waals surface area contributed by atoms with Crippen molar-refractivity contribution in [2.45, 2.75) is 0 Å². The van der Waals surface area contributed by atoms with E-state index >= 15 is 0 Å². The summed E-state index contributed by atoms with van der Waals surface area (Å²) < 4.78 is 0. The minimum atomic E-state index is 0.730. The van der Waals surface area contributed by atoms with Crippen LogP contribution < -0.4 is 22.1 Å². The van der Waals surface area contributed by atoms with E-state index in [1.807, 2.05) is 48.5 Å². The van der Waals surface area contributed by atoms with Gasteiger partial charge < -0.3 is 22.1 Å². The molecule has 22 heavy (non-hydrogen) atoms. The maximum Gasteiger partial charge on any atom is 0.0342 e. The van der Waals surface area contributed by atoms with Crippen LogP contribution in [0.3, 0.4) is 0 Å². The predicted octanol–water partition coefficient (Wildman–Crippen LogP) is 2.67. The van der Waals surface area contributed by atoms with Crippen molar-refractivity contribution in [1.29, 1.82) is 0 Å². The molecule has 0 amide bonds. The molecule has 4 nitrogen and oxygen atoms in total. The van der Waals surface area contributed by atoms with Crippen LogP contribution in [0.25, 0.3) is 11.4 Å². The smallest absolute Gasteiger partial charge is 0.0342 e. The molecule has 0 aliphatic heterocycles. The summed E-state index contributed by atoms with van der Waals surface area (Å²) in [6, 6.07) is 15.3. The zero-order valence-electron chi connectivity index (χ0n) is 12.6. The molecule has 2 aromatic rings. The van der Waals surface area contributed by atoms with Crippen molar-refractivity contribution in [1.82, 2.24) is 10.6 Å². The first-order valence-corrected chi connectivity index (χ1v) is 7.13. The van der Waals surface area contributed by atoms with Crippen molar-refractivity contribution >= 4 is 22.8 Å². The molecule has 0 atom stereocenters. The first kappa shape index (κ1) is 15.5. The van der Waals surface area contributed by atoms with Gasteiger partial charge in [0.05, 0.1) is 0 Å². The van der Waals surface area contributed by atoms with Crippen LogP contribution in [-0.2, 0) is 0 Å². The second kappa shape index (κ2) is 7.22. The van der Waals surface area contributed by atoms with E-state index in [-0.39, 0.29) is 0 Å².